The Morgan fingerprint density at radius 2 is 2.00 bits per heavy atom. The van der Waals surface area contributed by atoms with E-state index in [1.165, 1.54) is 5.56 Å². The molecule has 19 heavy (non-hydrogen) atoms. The van der Waals surface area contributed by atoms with E-state index in [9.17, 15) is 4.79 Å². The highest BCUT2D eigenvalue weighted by atomic mass is 16.2. The summed E-state index contributed by atoms with van der Waals surface area (Å²) in [6.07, 6.45) is 2.37. The number of rotatable bonds is 4. The van der Waals surface area contributed by atoms with Gasteiger partial charge in [0.2, 0.25) is 5.91 Å². The van der Waals surface area contributed by atoms with Crippen LogP contribution < -0.4 is 5.32 Å². The van der Waals surface area contributed by atoms with E-state index in [-0.39, 0.29) is 5.91 Å². The van der Waals surface area contributed by atoms with E-state index in [1.54, 1.807) is 0 Å². The molecule has 0 spiro atoms. The molecule has 1 N–H and O–H groups in total. The van der Waals surface area contributed by atoms with Crippen LogP contribution in [0.15, 0.2) is 24.3 Å². The summed E-state index contributed by atoms with van der Waals surface area (Å²) in [5, 5.41) is 12.0. The standard InChI is InChI=1S/C16H20N2O/c1-12(2)14-6-4-13(5-7-14)10-18-15(19)16(11-17)8-3-9-16/h4-7,12H,3,8-10H2,1-2H3,(H,18,19). The summed E-state index contributed by atoms with van der Waals surface area (Å²) in [5.74, 6) is 0.398. The van der Waals surface area contributed by atoms with Crippen molar-refractivity contribution in [2.45, 2.75) is 45.6 Å². The van der Waals surface area contributed by atoms with Gasteiger partial charge in [0, 0.05) is 6.54 Å². The van der Waals surface area contributed by atoms with Crippen molar-refractivity contribution in [3.8, 4) is 6.07 Å². The summed E-state index contributed by atoms with van der Waals surface area (Å²) in [4.78, 5) is 12.0. The third kappa shape index (κ3) is 2.78. The first-order chi connectivity index (χ1) is 9.07. The molecule has 1 saturated carbocycles. The number of nitriles is 1. The van der Waals surface area contributed by atoms with Crippen LogP contribution in [0.3, 0.4) is 0 Å². The molecule has 0 radical (unpaired) electrons. The number of nitrogens with one attached hydrogen (secondary N) is 1. The summed E-state index contributed by atoms with van der Waals surface area (Å²) in [6, 6.07) is 10.4. The second-order valence-corrected chi connectivity index (χ2v) is 5.63. The average Bonchev–Trinajstić information content (AvgIpc) is 2.36. The number of amides is 1. The molecule has 0 unspecified atom stereocenters. The van der Waals surface area contributed by atoms with Crippen LogP contribution in [0.1, 0.15) is 50.2 Å². The highest BCUT2D eigenvalue weighted by Gasteiger charge is 2.44. The van der Waals surface area contributed by atoms with Crippen molar-refractivity contribution in [3.05, 3.63) is 35.4 Å². The Bertz CT molecular complexity index is 492. The zero-order chi connectivity index (χ0) is 13.9. The Kier molecular flexibility index (Phi) is 3.90. The number of benzene rings is 1. The molecule has 0 bridgehead atoms. The van der Waals surface area contributed by atoms with Crippen molar-refractivity contribution in [3.63, 3.8) is 0 Å². The van der Waals surface area contributed by atoms with Crippen molar-refractivity contribution in [2.75, 3.05) is 0 Å². The monoisotopic (exact) mass is 256 g/mol. The van der Waals surface area contributed by atoms with Crippen molar-refractivity contribution < 1.29 is 4.79 Å². The molecule has 2 rings (SSSR count). The molecule has 0 aliphatic heterocycles. The Morgan fingerprint density at radius 3 is 2.42 bits per heavy atom. The number of hydrogen-bond acceptors (Lipinski definition) is 2. The molecule has 1 aliphatic carbocycles. The number of carbonyl (C=O) groups is 1. The van der Waals surface area contributed by atoms with Gasteiger partial charge >= 0.3 is 0 Å². The lowest BCUT2D eigenvalue weighted by molar-refractivity contribution is -0.131. The number of carbonyl (C=O) groups excluding carboxylic acids is 1. The molecule has 0 heterocycles. The van der Waals surface area contributed by atoms with Crippen LogP contribution in [0.4, 0.5) is 0 Å². The largest absolute Gasteiger partial charge is 0.351 e. The van der Waals surface area contributed by atoms with Crippen LogP contribution >= 0.6 is 0 Å². The topological polar surface area (TPSA) is 52.9 Å². The lowest BCUT2D eigenvalue weighted by atomic mass is 9.69. The molecule has 0 saturated heterocycles. The van der Waals surface area contributed by atoms with E-state index >= 15 is 0 Å². The van der Waals surface area contributed by atoms with Crippen molar-refractivity contribution in [1.29, 1.82) is 5.26 Å². The van der Waals surface area contributed by atoms with Gasteiger partial charge in [0.05, 0.1) is 6.07 Å². The zero-order valence-electron chi connectivity index (χ0n) is 11.6. The van der Waals surface area contributed by atoms with Gasteiger partial charge in [0.1, 0.15) is 5.41 Å². The van der Waals surface area contributed by atoms with Gasteiger partial charge in [-0.25, -0.2) is 0 Å². The molecule has 0 atom stereocenters. The molecule has 3 nitrogen and oxygen atoms in total. The van der Waals surface area contributed by atoms with Gasteiger partial charge in [0.25, 0.3) is 0 Å². The van der Waals surface area contributed by atoms with Crippen molar-refractivity contribution in [2.24, 2.45) is 5.41 Å². The Hall–Kier alpha value is -1.82. The fourth-order valence-corrected chi connectivity index (χ4v) is 2.29. The fraction of sp³-hybridized carbons (Fsp3) is 0.500. The van der Waals surface area contributed by atoms with E-state index in [0.717, 1.165) is 12.0 Å². The predicted molar refractivity (Wildman–Crippen MR) is 74.3 cm³/mol. The molecule has 3 heteroatoms. The normalized spacial score (nSPS) is 16.5. The van der Waals surface area contributed by atoms with Gasteiger partial charge in [-0.3, -0.25) is 4.79 Å². The molecule has 100 valence electrons. The lowest BCUT2D eigenvalue weighted by Crippen LogP contribution is -2.44. The van der Waals surface area contributed by atoms with Crippen LogP contribution in [-0.2, 0) is 11.3 Å². The van der Waals surface area contributed by atoms with Crippen LogP contribution in [0.2, 0.25) is 0 Å². The molecule has 1 aromatic rings. The van der Waals surface area contributed by atoms with Gasteiger partial charge in [-0.2, -0.15) is 5.26 Å². The quantitative estimate of drug-likeness (QED) is 0.899. The first-order valence-corrected chi connectivity index (χ1v) is 6.86. The first-order valence-electron chi connectivity index (χ1n) is 6.86. The van der Waals surface area contributed by atoms with Gasteiger partial charge in [0.15, 0.2) is 0 Å². The van der Waals surface area contributed by atoms with Crippen molar-refractivity contribution >= 4 is 5.91 Å². The van der Waals surface area contributed by atoms with Gasteiger partial charge in [-0.1, -0.05) is 38.1 Å². The third-order valence-corrected chi connectivity index (χ3v) is 3.96. The third-order valence-electron chi connectivity index (χ3n) is 3.96. The lowest BCUT2D eigenvalue weighted by Gasteiger charge is -2.33. The highest BCUT2D eigenvalue weighted by molar-refractivity contribution is 5.86. The molecule has 0 aromatic heterocycles. The fourth-order valence-electron chi connectivity index (χ4n) is 2.29. The predicted octanol–water partition coefficient (Wildman–Crippen LogP) is 3.12. The van der Waals surface area contributed by atoms with Gasteiger partial charge in [-0.15, -0.1) is 0 Å². The smallest absolute Gasteiger partial charge is 0.240 e. The van der Waals surface area contributed by atoms with Crippen molar-refractivity contribution in [1.82, 2.24) is 5.32 Å². The molecular formula is C16H20N2O. The molecule has 1 aliphatic rings. The molecule has 1 fully saturated rings. The van der Waals surface area contributed by atoms with E-state index in [4.69, 9.17) is 5.26 Å². The Labute approximate surface area is 114 Å². The molecule has 1 amide bonds. The average molecular weight is 256 g/mol. The van der Waals surface area contributed by atoms with Crippen LogP contribution in [0, 0.1) is 16.7 Å². The molecule has 1 aromatic carbocycles. The van der Waals surface area contributed by atoms with E-state index in [1.807, 2.05) is 12.1 Å². The number of nitrogens with zero attached hydrogens (tertiary/aromatic N) is 1. The second kappa shape index (κ2) is 5.44. The van der Waals surface area contributed by atoms with Gasteiger partial charge in [-0.05, 0) is 36.3 Å². The number of hydrogen-bond donors (Lipinski definition) is 1. The second-order valence-electron chi connectivity index (χ2n) is 5.63. The first kappa shape index (κ1) is 13.6. The van der Waals surface area contributed by atoms with Gasteiger partial charge < -0.3 is 5.32 Å². The van der Waals surface area contributed by atoms with E-state index in [0.29, 0.717) is 25.3 Å². The Morgan fingerprint density at radius 1 is 1.37 bits per heavy atom. The summed E-state index contributed by atoms with van der Waals surface area (Å²) in [6.45, 7) is 4.81. The maximum atomic E-state index is 12.0. The molecular weight excluding hydrogens is 236 g/mol. The van der Waals surface area contributed by atoms with Crippen LogP contribution in [0.25, 0.3) is 0 Å². The van der Waals surface area contributed by atoms with Crippen LogP contribution in [-0.4, -0.2) is 5.91 Å². The minimum absolute atomic E-state index is 0.116. The summed E-state index contributed by atoms with van der Waals surface area (Å²) in [7, 11) is 0. The zero-order valence-corrected chi connectivity index (χ0v) is 11.6. The van der Waals surface area contributed by atoms with E-state index < -0.39 is 5.41 Å². The maximum Gasteiger partial charge on any atom is 0.240 e. The van der Waals surface area contributed by atoms with Crippen LogP contribution in [0.5, 0.6) is 0 Å². The highest BCUT2D eigenvalue weighted by Crippen LogP contribution is 2.40. The summed E-state index contributed by atoms with van der Waals surface area (Å²) in [5.41, 5.74) is 1.62. The SMILES string of the molecule is CC(C)c1ccc(CNC(=O)C2(C#N)CCC2)cc1. The minimum Gasteiger partial charge on any atom is -0.351 e. The minimum atomic E-state index is -0.752. The Balaban J connectivity index is 1.92. The van der Waals surface area contributed by atoms with E-state index in [2.05, 4.69) is 37.4 Å². The maximum absolute atomic E-state index is 12.0. The summed E-state index contributed by atoms with van der Waals surface area (Å²) < 4.78 is 0. The summed E-state index contributed by atoms with van der Waals surface area (Å²) >= 11 is 0.